The minimum absolute atomic E-state index is 0.931. The minimum atomic E-state index is 0.931. The van der Waals surface area contributed by atoms with Gasteiger partial charge in [0, 0.05) is 9.79 Å². The molecular formula is C14H10N8S2. The zero-order valence-electron chi connectivity index (χ0n) is 12.2. The second-order valence-electron chi connectivity index (χ2n) is 4.66. The Labute approximate surface area is 144 Å². The van der Waals surface area contributed by atoms with Gasteiger partial charge in [-0.3, -0.25) is 0 Å². The number of aromatic nitrogens is 8. The Kier molecular flexibility index (Phi) is 4.21. The van der Waals surface area contributed by atoms with Crippen molar-refractivity contribution in [2.45, 2.75) is 9.79 Å². The average Bonchev–Trinajstić information content (AvgIpc) is 3.34. The molecule has 2 aromatic carbocycles. The van der Waals surface area contributed by atoms with Gasteiger partial charge in [-0.2, -0.15) is 0 Å². The highest BCUT2D eigenvalue weighted by molar-refractivity contribution is 8.76. The summed E-state index contributed by atoms with van der Waals surface area (Å²) in [5, 5.41) is 22.3. The minimum Gasteiger partial charge on any atom is -0.201 e. The van der Waals surface area contributed by atoms with Crippen molar-refractivity contribution in [3.05, 3.63) is 61.2 Å². The highest BCUT2D eigenvalue weighted by Gasteiger charge is 2.02. The molecule has 118 valence electrons. The normalized spacial score (nSPS) is 10.8. The van der Waals surface area contributed by atoms with E-state index < -0.39 is 0 Å². The van der Waals surface area contributed by atoms with Crippen molar-refractivity contribution < 1.29 is 0 Å². The zero-order valence-corrected chi connectivity index (χ0v) is 13.8. The van der Waals surface area contributed by atoms with Crippen LogP contribution < -0.4 is 0 Å². The van der Waals surface area contributed by atoms with Crippen LogP contribution in [0.4, 0.5) is 0 Å². The first-order valence-corrected chi connectivity index (χ1v) is 9.05. The largest absolute Gasteiger partial charge is 0.201 e. The van der Waals surface area contributed by atoms with Crippen molar-refractivity contribution in [1.82, 2.24) is 40.4 Å². The van der Waals surface area contributed by atoms with Gasteiger partial charge in [0.1, 0.15) is 12.7 Å². The van der Waals surface area contributed by atoms with Crippen LogP contribution in [0.2, 0.25) is 0 Å². The Morgan fingerprint density at radius 1 is 0.583 bits per heavy atom. The third kappa shape index (κ3) is 3.29. The standard InChI is InChI=1S/C14H10N8S2/c1-5-13(6-2-11(1)21-9-15-17-19-21)23-24-14-7-3-12(4-8-14)22-10-16-18-20-22/h1-10H. The van der Waals surface area contributed by atoms with E-state index in [9.17, 15) is 0 Å². The molecule has 0 N–H and O–H groups in total. The number of benzene rings is 2. The highest BCUT2D eigenvalue weighted by atomic mass is 33.1. The topological polar surface area (TPSA) is 87.2 Å². The lowest BCUT2D eigenvalue weighted by atomic mass is 10.3. The van der Waals surface area contributed by atoms with E-state index in [2.05, 4.69) is 31.1 Å². The summed E-state index contributed by atoms with van der Waals surface area (Å²) in [6.07, 6.45) is 3.15. The van der Waals surface area contributed by atoms with Crippen LogP contribution in [0.15, 0.2) is 71.0 Å². The SMILES string of the molecule is c1cc(-n2cnnn2)ccc1SSc1ccc(-n2cnnn2)cc1. The number of hydrogen-bond acceptors (Lipinski definition) is 8. The van der Waals surface area contributed by atoms with E-state index in [0.717, 1.165) is 21.2 Å². The summed E-state index contributed by atoms with van der Waals surface area (Å²) in [5.41, 5.74) is 1.86. The van der Waals surface area contributed by atoms with E-state index in [1.165, 1.54) is 0 Å². The van der Waals surface area contributed by atoms with Crippen LogP contribution in [0.3, 0.4) is 0 Å². The second-order valence-corrected chi connectivity index (χ2v) is 6.94. The van der Waals surface area contributed by atoms with Gasteiger partial charge >= 0.3 is 0 Å². The molecule has 0 aliphatic rings. The maximum absolute atomic E-state index is 3.87. The zero-order chi connectivity index (χ0) is 16.2. The average molecular weight is 354 g/mol. The number of hydrogen-bond donors (Lipinski definition) is 0. The number of nitrogens with zero attached hydrogens (tertiary/aromatic N) is 8. The summed E-state index contributed by atoms with van der Waals surface area (Å²) in [6.45, 7) is 0. The van der Waals surface area contributed by atoms with Crippen molar-refractivity contribution >= 4 is 21.6 Å². The van der Waals surface area contributed by atoms with E-state index in [-0.39, 0.29) is 0 Å². The molecule has 0 aliphatic heterocycles. The lowest BCUT2D eigenvalue weighted by Gasteiger charge is -2.04. The van der Waals surface area contributed by atoms with E-state index in [4.69, 9.17) is 0 Å². The van der Waals surface area contributed by atoms with Crippen molar-refractivity contribution in [1.29, 1.82) is 0 Å². The first-order valence-electron chi connectivity index (χ1n) is 6.90. The molecule has 0 unspecified atom stereocenters. The molecule has 0 saturated heterocycles. The molecule has 2 aromatic heterocycles. The third-order valence-corrected chi connectivity index (χ3v) is 5.55. The molecule has 8 nitrogen and oxygen atoms in total. The smallest absolute Gasteiger partial charge is 0.143 e. The van der Waals surface area contributed by atoms with Crippen LogP contribution in [0.1, 0.15) is 0 Å². The Hall–Kier alpha value is -2.72. The summed E-state index contributed by atoms with van der Waals surface area (Å²) >= 11 is 0. The summed E-state index contributed by atoms with van der Waals surface area (Å²) in [6, 6.07) is 16.1. The molecular weight excluding hydrogens is 344 g/mol. The number of rotatable bonds is 5. The van der Waals surface area contributed by atoms with Gasteiger partial charge < -0.3 is 0 Å². The maximum atomic E-state index is 3.87. The molecule has 0 radical (unpaired) electrons. The molecule has 0 spiro atoms. The third-order valence-electron chi connectivity index (χ3n) is 3.13. The van der Waals surface area contributed by atoms with Crippen LogP contribution in [0.25, 0.3) is 11.4 Å². The van der Waals surface area contributed by atoms with E-state index in [1.807, 2.05) is 48.5 Å². The van der Waals surface area contributed by atoms with Gasteiger partial charge in [0.25, 0.3) is 0 Å². The molecule has 24 heavy (non-hydrogen) atoms. The molecule has 0 aliphatic carbocycles. The summed E-state index contributed by atoms with van der Waals surface area (Å²) in [4.78, 5) is 2.31. The van der Waals surface area contributed by atoms with E-state index in [0.29, 0.717) is 0 Å². The predicted octanol–water partition coefficient (Wildman–Crippen LogP) is 2.44. The van der Waals surface area contributed by atoms with Crippen LogP contribution in [0, 0.1) is 0 Å². The quantitative estimate of drug-likeness (QED) is 0.505. The van der Waals surface area contributed by atoms with Crippen molar-refractivity contribution in [3.63, 3.8) is 0 Å². The molecule has 0 amide bonds. The van der Waals surface area contributed by atoms with Gasteiger partial charge in [-0.1, -0.05) is 21.6 Å². The first kappa shape index (κ1) is 14.8. The number of tetrazole rings is 2. The Balaban J connectivity index is 1.40. The van der Waals surface area contributed by atoms with Gasteiger partial charge in [-0.05, 0) is 69.4 Å². The lowest BCUT2D eigenvalue weighted by molar-refractivity contribution is 0.788. The Morgan fingerprint density at radius 3 is 1.33 bits per heavy atom. The molecule has 4 aromatic rings. The van der Waals surface area contributed by atoms with Crippen LogP contribution >= 0.6 is 21.6 Å². The first-order chi connectivity index (χ1) is 11.9. The molecule has 4 rings (SSSR count). The lowest BCUT2D eigenvalue weighted by Crippen LogP contribution is -1.94. The summed E-state index contributed by atoms with van der Waals surface area (Å²) in [7, 11) is 3.38. The summed E-state index contributed by atoms with van der Waals surface area (Å²) in [5.74, 6) is 0. The van der Waals surface area contributed by atoms with Crippen LogP contribution in [-0.2, 0) is 0 Å². The van der Waals surface area contributed by atoms with Crippen molar-refractivity contribution in [2.75, 3.05) is 0 Å². The van der Waals surface area contributed by atoms with Gasteiger partial charge in [0.05, 0.1) is 11.4 Å². The molecule has 0 saturated carbocycles. The Morgan fingerprint density at radius 2 is 1.00 bits per heavy atom. The predicted molar refractivity (Wildman–Crippen MR) is 90.0 cm³/mol. The Bertz CT molecular complexity index is 811. The van der Waals surface area contributed by atoms with Crippen LogP contribution in [-0.4, -0.2) is 40.4 Å². The second kappa shape index (κ2) is 6.81. The van der Waals surface area contributed by atoms with Gasteiger partial charge in [-0.25, -0.2) is 9.36 Å². The molecule has 2 heterocycles. The highest BCUT2D eigenvalue weighted by Crippen LogP contribution is 2.37. The maximum Gasteiger partial charge on any atom is 0.143 e. The summed E-state index contributed by atoms with van der Waals surface area (Å²) < 4.78 is 3.25. The van der Waals surface area contributed by atoms with Gasteiger partial charge in [0.2, 0.25) is 0 Å². The van der Waals surface area contributed by atoms with Crippen molar-refractivity contribution in [2.24, 2.45) is 0 Å². The van der Waals surface area contributed by atoms with Gasteiger partial charge in [0.15, 0.2) is 0 Å². The van der Waals surface area contributed by atoms with Gasteiger partial charge in [-0.15, -0.1) is 10.2 Å². The fraction of sp³-hybridized carbons (Fsp3) is 0. The fourth-order valence-corrected chi connectivity index (χ4v) is 3.90. The molecule has 10 heteroatoms. The molecule has 0 bridgehead atoms. The monoisotopic (exact) mass is 354 g/mol. The molecule has 0 fully saturated rings. The van der Waals surface area contributed by atoms with E-state index in [1.54, 1.807) is 43.6 Å². The van der Waals surface area contributed by atoms with Crippen molar-refractivity contribution in [3.8, 4) is 11.4 Å². The fourth-order valence-electron chi connectivity index (χ4n) is 1.96. The van der Waals surface area contributed by atoms with E-state index >= 15 is 0 Å². The van der Waals surface area contributed by atoms with Crippen LogP contribution in [0.5, 0.6) is 0 Å². The molecule has 0 atom stereocenters.